The molecule has 3 heteroatoms. The van der Waals surface area contributed by atoms with Crippen LogP contribution >= 0.6 is 11.6 Å². The van der Waals surface area contributed by atoms with E-state index in [1.807, 2.05) is 36.4 Å². The molecule has 0 aromatic heterocycles. The van der Waals surface area contributed by atoms with Gasteiger partial charge in [0.2, 0.25) is 0 Å². The maximum atomic E-state index is 5.95. The van der Waals surface area contributed by atoms with Crippen LogP contribution in [0, 0.1) is 0 Å². The van der Waals surface area contributed by atoms with Crippen LogP contribution in [0.2, 0.25) is 0 Å². The van der Waals surface area contributed by atoms with Crippen molar-refractivity contribution in [1.82, 2.24) is 0 Å². The predicted octanol–water partition coefficient (Wildman–Crippen LogP) is 4.46. The zero-order chi connectivity index (χ0) is 13.1. The number of anilines is 1. The van der Waals surface area contributed by atoms with Gasteiger partial charge in [-0.2, -0.15) is 0 Å². The fraction of sp³-hybridized carbons (Fsp3) is 0.0667. The largest absolute Gasteiger partial charge is 0.455 e. The van der Waals surface area contributed by atoms with E-state index in [1.165, 1.54) is 0 Å². The van der Waals surface area contributed by atoms with E-state index >= 15 is 0 Å². The van der Waals surface area contributed by atoms with Crippen molar-refractivity contribution in [3.05, 3.63) is 59.8 Å². The second-order valence-electron chi connectivity index (χ2n) is 4.00. The van der Waals surface area contributed by atoms with Crippen LogP contribution in [-0.2, 0) is 0 Å². The summed E-state index contributed by atoms with van der Waals surface area (Å²) in [4.78, 5) is 0. The van der Waals surface area contributed by atoms with Gasteiger partial charge >= 0.3 is 0 Å². The summed E-state index contributed by atoms with van der Waals surface area (Å²) in [6.07, 6.45) is 1.66. The Morgan fingerprint density at radius 3 is 2.72 bits per heavy atom. The van der Waals surface area contributed by atoms with Crippen LogP contribution in [0.3, 0.4) is 0 Å². The lowest BCUT2D eigenvalue weighted by atomic mass is 10.1. The number of allylic oxidation sites excluding steroid dienone is 2. The summed E-state index contributed by atoms with van der Waals surface area (Å²) in [5.41, 5.74) is 6.53. The topological polar surface area (TPSA) is 35.2 Å². The van der Waals surface area contributed by atoms with E-state index < -0.39 is 0 Å². The van der Waals surface area contributed by atoms with Crippen LogP contribution in [0.4, 0.5) is 5.69 Å². The summed E-state index contributed by atoms with van der Waals surface area (Å²) in [6.45, 7) is 5.57. The Labute approximate surface area is 111 Å². The zero-order valence-corrected chi connectivity index (χ0v) is 10.9. The van der Waals surface area contributed by atoms with Crippen LogP contribution in [0.5, 0.6) is 5.75 Å². The second-order valence-corrected chi connectivity index (χ2v) is 4.60. The molecule has 0 unspecified atom stereocenters. The van der Waals surface area contributed by atoms with Crippen molar-refractivity contribution in [3.8, 4) is 5.75 Å². The predicted molar refractivity (Wildman–Crippen MR) is 77.7 cm³/mol. The zero-order valence-electron chi connectivity index (χ0n) is 10.1. The molecule has 18 heavy (non-hydrogen) atoms. The normalized spacial score (nSPS) is 11.6. The number of hydrogen-bond acceptors (Lipinski definition) is 2. The minimum atomic E-state index is 0.463. The molecule has 0 bridgehead atoms. The van der Waals surface area contributed by atoms with Gasteiger partial charge in [-0.3, -0.25) is 0 Å². The fourth-order valence-corrected chi connectivity index (χ4v) is 1.88. The van der Waals surface area contributed by atoms with Crippen LogP contribution in [0.15, 0.2) is 59.8 Å². The van der Waals surface area contributed by atoms with Gasteiger partial charge in [0.25, 0.3) is 0 Å². The molecule has 92 valence electrons. The van der Waals surface area contributed by atoms with Crippen molar-refractivity contribution >= 4 is 28.1 Å². The maximum Gasteiger partial charge on any atom is 0.158 e. The molecular formula is C15H14ClNO. The lowest BCUT2D eigenvalue weighted by Gasteiger charge is -2.11. The quantitative estimate of drug-likeness (QED) is 0.502. The van der Waals surface area contributed by atoms with Crippen molar-refractivity contribution in [2.24, 2.45) is 0 Å². The van der Waals surface area contributed by atoms with E-state index in [1.54, 1.807) is 13.0 Å². The van der Waals surface area contributed by atoms with Gasteiger partial charge in [0, 0.05) is 10.4 Å². The van der Waals surface area contributed by atoms with Gasteiger partial charge in [-0.05, 0) is 24.5 Å². The molecule has 2 N–H and O–H groups in total. The van der Waals surface area contributed by atoms with E-state index in [2.05, 4.69) is 6.58 Å². The molecule has 0 heterocycles. The smallest absolute Gasteiger partial charge is 0.158 e. The highest BCUT2D eigenvalue weighted by molar-refractivity contribution is 6.29. The van der Waals surface area contributed by atoms with E-state index in [9.17, 15) is 0 Å². The molecule has 0 amide bonds. The molecule has 0 spiro atoms. The first kappa shape index (κ1) is 12.5. The third-order valence-corrected chi connectivity index (χ3v) is 2.61. The average Bonchev–Trinajstić information content (AvgIpc) is 2.32. The summed E-state index contributed by atoms with van der Waals surface area (Å²) in [5, 5.41) is 2.64. The standard InChI is InChI=1S/C15H14ClNO/c1-10(16)9-11(2)18-15-13-6-4-3-5-12(13)7-8-14(15)17/h3-9H,2,17H2,1H3/b10-9+. The van der Waals surface area contributed by atoms with Gasteiger partial charge in [-0.25, -0.2) is 0 Å². The molecule has 0 aliphatic heterocycles. The number of benzene rings is 2. The Bertz CT molecular complexity index is 627. The Morgan fingerprint density at radius 1 is 1.28 bits per heavy atom. The molecule has 0 fully saturated rings. The summed E-state index contributed by atoms with van der Waals surface area (Å²) in [5.74, 6) is 1.08. The van der Waals surface area contributed by atoms with Crippen LogP contribution in [0.1, 0.15) is 6.92 Å². The summed E-state index contributed by atoms with van der Waals surface area (Å²) >= 11 is 5.79. The fourth-order valence-electron chi connectivity index (χ4n) is 1.76. The minimum Gasteiger partial charge on any atom is -0.455 e. The van der Waals surface area contributed by atoms with Crippen molar-refractivity contribution in [1.29, 1.82) is 0 Å². The molecule has 0 radical (unpaired) electrons. The van der Waals surface area contributed by atoms with Crippen LogP contribution in [0.25, 0.3) is 10.8 Å². The number of ether oxygens (including phenoxy) is 1. The summed E-state index contributed by atoms with van der Waals surface area (Å²) in [7, 11) is 0. The third-order valence-electron chi connectivity index (χ3n) is 2.50. The highest BCUT2D eigenvalue weighted by atomic mass is 35.5. The van der Waals surface area contributed by atoms with Crippen LogP contribution < -0.4 is 10.5 Å². The number of hydrogen-bond donors (Lipinski definition) is 1. The molecule has 0 saturated heterocycles. The van der Waals surface area contributed by atoms with E-state index in [-0.39, 0.29) is 0 Å². The molecule has 2 aromatic rings. The second kappa shape index (κ2) is 5.15. The van der Waals surface area contributed by atoms with E-state index in [4.69, 9.17) is 22.1 Å². The summed E-state index contributed by atoms with van der Waals surface area (Å²) < 4.78 is 5.69. The monoisotopic (exact) mass is 259 g/mol. The lowest BCUT2D eigenvalue weighted by Crippen LogP contribution is -1.97. The van der Waals surface area contributed by atoms with Gasteiger partial charge in [-0.1, -0.05) is 48.5 Å². The number of halogens is 1. The Kier molecular flexibility index (Phi) is 3.58. The molecule has 0 atom stereocenters. The first-order valence-electron chi connectivity index (χ1n) is 5.55. The third kappa shape index (κ3) is 2.66. The lowest BCUT2D eigenvalue weighted by molar-refractivity contribution is 0.454. The van der Waals surface area contributed by atoms with Gasteiger partial charge in [0.05, 0.1) is 5.69 Å². The molecule has 2 rings (SSSR count). The SMILES string of the molecule is C=C(/C=C(\C)Cl)Oc1c(N)ccc2ccccc12. The maximum absolute atomic E-state index is 5.95. The minimum absolute atomic E-state index is 0.463. The van der Waals surface area contributed by atoms with E-state index in [0.29, 0.717) is 22.2 Å². The summed E-state index contributed by atoms with van der Waals surface area (Å²) in [6, 6.07) is 11.7. The Balaban J connectivity index is 2.47. The number of rotatable bonds is 3. The Hall–Kier alpha value is -1.93. The van der Waals surface area contributed by atoms with Crippen molar-refractivity contribution in [2.75, 3.05) is 5.73 Å². The highest BCUT2D eigenvalue weighted by Gasteiger charge is 2.07. The number of fused-ring (bicyclic) bond motifs is 1. The Morgan fingerprint density at radius 2 is 2.00 bits per heavy atom. The van der Waals surface area contributed by atoms with Crippen molar-refractivity contribution in [3.63, 3.8) is 0 Å². The molecule has 2 aromatic carbocycles. The molecule has 2 nitrogen and oxygen atoms in total. The van der Waals surface area contributed by atoms with Crippen molar-refractivity contribution < 1.29 is 4.74 Å². The van der Waals surface area contributed by atoms with Crippen molar-refractivity contribution in [2.45, 2.75) is 6.92 Å². The average molecular weight is 260 g/mol. The van der Waals surface area contributed by atoms with Gasteiger partial charge in [0.1, 0.15) is 5.76 Å². The molecule has 0 aliphatic rings. The molecular weight excluding hydrogens is 246 g/mol. The first-order chi connectivity index (χ1) is 8.58. The highest BCUT2D eigenvalue weighted by Crippen LogP contribution is 2.33. The van der Waals surface area contributed by atoms with Gasteiger partial charge in [0.15, 0.2) is 5.75 Å². The van der Waals surface area contributed by atoms with Crippen LogP contribution in [-0.4, -0.2) is 0 Å². The van der Waals surface area contributed by atoms with E-state index in [0.717, 1.165) is 10.8 Å². The number of nitrogen functional groups attached to an aromatic ring is 1. The first-order valence-corrected chi connectivity index (χ1v) is 5.93. The molecule has 0 saturated carbocycles. The molecule has 0 aliphatic carbocycles. The number of nitrogens with two attached hydrogens (primary N) is 1. The van der Waals surface area contributed by atoms with Gasteiger partial charge in [-0.15, -0.1) is 0 Å². The van der Waals surface area contributed by atoms with Gasteiger partial charge < -0.3 is 10.5 Å².